The van der Waals surface area contributed by atoms with E-state index in [0.717, 1.165) is 27.5 Å². The Labute approximate surface area is 190 Å². The van der Waals surface area contributed by atoms with Crippen molar-refractivity contribution in [3.8, 4) is 0 Å². The molecule has 0 saturated heterocycles. The standard InChI is InChI=1S/C27H23FN2O3/c1-17-5-2-10-23(28)25(17)26(31)30-24(27(32)33)15-19-7-3-6-18(13-19)14-21-9-4-8-20-11-12-29-16-22(20)21/h2-13,16,24H,14-15H2,1H3,(H,30,31)(H,32,33)/t24-/m0/s1. The van der Waals surface area contributed by atoms with Gasteiger partial charge >= 0.3 is 5.97 Å². The number of nitrogens with zero attached hydrogens (tertiary/aromatic N) is 1. The maximum atomic E-state index is 14.1. The first kappa shape index (κ1) is 22.1. The molecule has 33 heavy (non-hydrogen) atoms. The molecule has 2 N–H and O–H groups in total. The van der Waals surface area contributed by atoms with Crippen LogP contribution in [0.3, 0.4) is 0 Å². The van der Waals surface area contributed by atoms with E-state index in [-0.39, 0.29) is 12.0 Å². The molecule has 0 unspecified atom stereocenters. The van der Waals surface area contributed by atoms with Gasteiger partial charge in [-0.3, -0.25) is 9.78 Å². The Kier molecular flexibility index (Phi) is 6.45. The highest BCUT2D eigenvalue weighted by Crippen LogP contribution is 2.21. The van der Waals surface area contributed by atoms with E-state index in [4.69, 9.17) is 0 Å². The third kappa shape index (κ3) is 5.06. The van der Waals surface area contributed by atoms with E-state index in [1.807, 2.05) is 54.7 Å². The van der Waals surface area contributed by atoms with Gasteiger partial charge in [-0.25, -0.2) is 9.18 Å². The highest BCUT2D eigenvalue weighted by molar-refractivity contribution is 5.98. The number of aliphatic carboxylic acids is 1. The lowest BCUT2D eigenvalue weighted by Gasteiger charge is -2.16. The van der Waals surface area contributed by atoms with E-state index >= 15 is 0 Å². The van der Waals surface area contributed by atoms with Crippen LogP contribution in [0.15, 0.2) is 79.1 Å². The summed E-state index contributed by atoms with van der Waals surface area (Å²) in [6.45, 7) is 1.61. The van der Waals surface area contributed by atoms with E-state index in [0.29, 0.717) is 12.0 Å². The molecule has 166 valence electrons. The van der Waals surface area contributed by atoms with Gasteiger partial charge in [-0.1, -0.05) is 54.6 Å². The van der Waals surface area contributed by atoms with Crippen molar-refractivity contribution in [1.82, 2.24) is 10.3 Å². The third-order valence-corrected chi connectivity index (χ3v) is 5.65. The van der Waals surface area contributed by atoms with Crippen LogP contribution in [0.25, 0.3) is 10.8 Å². The number of carboxylic acids is 1. The normalized spacial score (nSPS) is 11.8. The summed E-state index contributed by atoms with van der Waals surface area (Å²) in [5.41, 5.74) is 3.22. The highest BCUT2D eigenvalue weighted by atomic mass is 19.1. The first-order valence-corrected chi connectivity index (χ1v) is 10.6. The van der Waals surface area contributed by atoms with Crippen molar-refractivity contribution in [3.63, 3.8) is 0 Å². The Morgan fingerprint density at radius 2 is 1.79 bits per heavy atom. The SMILES string of the molecule is Cc1cccc(F)c1C(=O)N[C@@H](Cc1cccc(Cc2cccc3ccncc23)c1)C(=O)O. The molecular formula is C27H23FN2O3. The molecule has 0 bridgehead atoms. The molecule has 1 amide bonds. The molecule has 0 fully saturated rings. The van der Waals surface area contributed by atoms with Gasteiger partial charge in [0, 0.05) is 24.2 Å². The van der Waals surface area contributed by atoms with Crippen molar-refractivity contribution in [3.05, 3.63) is 113 Å². The van der Waals surface area contributed by atoms with Crippen LogP contribution < -0.4 is 5.32 Å². The number of rotatable bonds is 7. The minimum atomic E-state index is -1.19. The molecular weight excluding hydrogens is 419 g/mol. The molecule has 4 aromatic rings. The first-order valence-electron chi connectivity index (χ1n) is 10.6. The molecule has 0 saturated carbocycles. The van der Waals surface area contributed by atoms with Crippen molar-refractivity contribution >= 4 is 22.6 Å². The van der Waals surface area contributed by atoms with E-state index in [2.05, 4.69) is 10.3 Å². The largest absolute Gasteiger partial charge is 0.480 e. The van der Waals surface area contributed by atoms with Crippen molar-refractivity contribution in [1.29, 1.82) is 0 Å². The number of nitrogens with one attached hydrogen (secondary N) is 1. The number of fused-ring (bicyclic) bond motifs is 1. The Balaban J connectivity index is 1.53. The molecule has 1 atom stereocenters. The molecule has 1 heterocycles. The zero-order chi connectivity index (χ0) is 23.4. The molecule has 4 rings (SSSR count). The number of carboxylic acid groups (broad SMARTS) is 1. The van der Waals surface area contributed by atoms with Gasteiger partial charge in [-0.05, 0) is 53.1 Å². The fraction of sp³-hybridized carbons (Fsp3) is 0.148. The van der Waals surface area contributed by atoms with Gasteiger partial charge in [-0.2, -0.15) is 0 Å². The summed E-state index contributed by atoms with van der Waals surface area (Å²) >= 11 is 0. The molecule has 0 radical (unpaired) electrons. The van der Waals surface area contributed by atoms with Crippen molar-refractivity contribution in [2.45, 2.75) is 25.8 Å². The number of hydrogen-bond acceptors (Lipinski definition) is 3. The van der Waals surface area contributed by atoms with Gasteiger partial charge in [0.15, 0.2) is 0 Å². The van der Waals surface area contributed by atoms with Crippen molar-refractivity contribution in [2.75, 3.05) is 0 Å². The molecule has 6 heteroatoms. The summed E-state index contributed by atoms with van der Waals surface area (Å²) in [5.74, 6) is -2.59. The second kappa shape index (κ2) is 9.61. The number of carbonyl (C=O) groups excluding carboxylic acids is 1. The van der Waals surface area contributed by atoms with Gasteiger partial charge in [0.1, 0.15) is 11.9 Å². The average molecular weight is 442 g/mol. The molecule has 0 aliphatic heterocycles. The maximum absolute atomic E-state index is 14.1. The molecule has 5 nitrogen and oxygen atoms in total. The predicted molar refractivity (Wildman–Crippen MR) is 125 cm³/mol. The lowest BCUT2D eigenvalue weighted by molar-refractivity contribution is -0.139. The van der Waals surface area contributed by atoms with Crippen LogP contribution in [0.5, 0.6) is 0 Å². The second-order valence-electron chi connectivity index (χ2n) is 8.01. The Morgan fingerprint density at radius 3 is 2.58 bits per heavy atom. The lowest BCUT2D eigenvalue weighted by atomic mass is 9.97. The average Bonchev–Trinajstić information content (AvgIpc) is 2.79. The van der Waals surface area contributed by atoms with E-state index in [9.17, 15) is 19.1 Å². The van der Waals surface area contributed by atoms with Crippen LogP contribution in [-0.4, -0.2) is 28.0 Å². The Hall–Kier alpha value is -4.06. The minimum Gasteiger partial charge on any atom is -0.480 e. The quantitative estimate of drug-likeness (QED) is 0.435. The van der Waals surface area contributed by atoms with Gasteiger partial charge in [0.2, 0.25) is 0 Å². The van der Waals surface area contributed by atoms with E-state index in [1.54, 1.807) is 19.2 Å². The summed E-state index contributed by atoms with van der Waals surface area (Å²) in [7, 11) is 0. The van der Waals surface area contributed by atoms with Crippen LogP contribution >= 0.6 is 0 Å². The van der Waals surface area contributed by atoms with Gasteiger partial charge in [0.05, 0.1) is 5.56 Å². The number of pyridine rings is 1. The van der Waals surface area contributed by atoms with Crippen LogP contribution in [-0.2, 0) is 17.6 Å². The second-order valence-corrected chi connectivity index (χ2v) is 8.01. The van der Waals surface area contributed by atoms with E-state index in [1.165, 1.54) is 12.1 Å². The van der Waals surface area contributed by atoms with Crippen molar-refractivity contribution < 1.29 is 19.1 Å². The number of hydrogen-bond donors (Lipinski definition) is 2. The van der Waals surface area contributed by atoms with Crippen molar-refractivity contribution in [2.24, 2.45) is 0 Å². The smallest absolute Gasteiger partial charge is 0.326 e. The maximum Gasteiger partial charge on any atom is 0.326 e. The number of amides is 1. The monoisotopic (exact) mass is 442 g/mol. The summed E-state index contributed by atoms with van der Waals surface area (Å²) in [5, 5.41) is 14.3. The zero-order valence-corrected chi connectivity index (χ0v) is 18.1. The summed E-state index contributed by atoms with van der Waals surface area (Å²) < 4.78 is 14.1. The van der Waals surface area contributed by atoms with Crippen LogP contribution in [0, 0.1) is 12.7 Å². The predicted octanol–water partition coefficient (Wildman–Crippen LogP) is 4.70. The topological polar surface area (TPSA) is 79.3 Å². The molecule has 0 aliphatic carbocycles. The Morgan fingerprint density at radius 1 is 1.03 bits per heavy atom. The van der Waals surface area contributed by atoms with E-state index < -0.39 is 23.7 Å². The van der Waals surface area contributed by atoms with Crippen LogP contribution in [0.4, 0.5) is 4.39 Å². The van der Waals surface area contributed by atoms with Crippen LogP contribution in [0.2, 0.25) is 0 Å². The lowest BCUT2D eigenvalue weighted by Crippen LogP contribution is -2.42. The summed E-state index contributed by atoms with van der Waals surface area (Å²) in [4.78, 5) is 28.7. The fourth-order valence-corrected chi connectivity index (χ4v) is 4.00. The molecule has 0 spiro atoms. The minimum absolute atomic E-state index is 0.0828. The number of halogens is 1. The summed E-state index contributed by atoms with van der Waals surface area (Å²) in [6.07, 6.45) is 4.35. The van der Waals surface area contributed by atoms with Gasteiger partial charge in [0.25, 0.3) is 5.91 Å². The number of aromatic nitrogens is 1. The molecule has 1 aromatic heterocycles. The third-order valence-electron chi connectivity index (χ3n) is 5.65. The van der Waals surface area contributed by atoms with Gasteiger partial charge in [-0.15, -0.1) is 0 Å². The molecule has 0 aliphatic rings. The van der Waals surface area contributed by atoms with Gasteiger partial charge < -0.3 is 10.4 Å². The highest BCUT2D eigenvalue weighted by Gasteiger charge is 2.23. The fourth-order valence-electron chi connectivity index (χ4n) is 4.00. The number of aryl methyl sites for hydroxylation is 1. The first-order chi connectivity index (χ1) is 15.9. The van der Waals surface area contributed by atoms with Crippen LogP contribution in [0.1, 0.15) is 32.6 Å². The number of carbonyl (C=O) groups is 2. The molecule has 3 aromatic carbocycles. The number of benzene rings is 3. The zero-order valence-electron chi connectivity index (χ0n) is 18.1. The summed E-state index contributed by atoms with van der Waals surface area (Å²) in [6, 6.07) is 18.8. The Bertz CT molecular complexity index is 1310.